The maximum absolute atomic E-state index is 13.3. The summed E-state index contributed by atoms with van der Waals surface area (Å²) in [4.78, 5) is 4.54. The number of hydrogen-bond donors (Lipinski definition) is 0. The van der Waals surface area contributed by atoms with Gasteiger partial charge in [-0.15, -0.1) is 0 Å². The Kier molecular flexibility index (Phi) is 3.06. The van der Waals surface area contributed by atoms with Gasteiger partial charge in [-0.1, -0.05) is 0 Å². The largest absolute Gasteiger partial charge is 0.328 e. The quantitative estimate of drug-likeness (QED) is 0.849. The summed E-state index contributed by atoms with van der Waals surface area (Å²) in [5, 5.41) is 9.21. The van der Waals surface area contributed by atoms with Gasteiger partial charge < -0.3 is 4.57 Å². The molecule has 0 saturated heterocycles. The maximum Gasteiger partial charge on any atom is 0.141 e. The third kappa shape index (κ3) is 2.20. The van der Waals surface area contributed by atoms with Crippen LogP contribution in [-0.2, 0) is 0 Å². The topological polar surface area (TPSA) is 41.6 Å². The first kappa shape index (κ1) is 12.9. The molecule has 0 bridgehead atoms. The first-order chi connectivity index (χ1) is 9.60. The van der Waals surface area contributed by atoms with Crippen molar-refractivity contribution < 1.29 is 4.39 Å². The van der Waals surface area contributed by atoms with Crippen molar-refractivity contribution in [3.05, 3.63) is 41.5 Å². The molecule has 1 atom stereocenters. The van der Waals surface area contributed by atoms with E-state index >= 15 is 0 Å². The van der Waals surface area contributed by atoms with Crippen molar-refractivity contribution >= 4 is 0 Å². The van der Waals surface area contributed by atoms with E-state index < -0.39 is 5.82 Å². The fourth-order valence-corrected chi connectivity index (χ4v) is 2.64. The normalized spacial score (nSPS) is 15.9. The third-order valence-corrected chi connectivity index (χ3v) is 3.94. The minimum absolute atomic E-state index is 0.333. The summed E-state index contributed by atoms with van der Waals surface area (Å²) < 4.78 is 15.4. The molecule has 0 N–H and O–H groups in total. The molecule has 4 heteroatoms. The molecule has 1 aromatic carbocycles. The van der Waals surface area contributed by atoms with Crippen LogP contribution in [0.15, 0.2) is 24.4 Å². The summed E-state index contributed by atoms with van der Waals surface area (Å²) in [5.41, 5.74) is 1.95. The van der Waals surface area contributed by atoms with Crippen LogP contribution in [0.5, 0.6) is 0 Å². The molecule has 20 heavy (non-hydrogen) atoms. The highest BCUT2D eigenvalue weighted by molar-refractivity contribution is 5.65. The number of aromatic nitrogens is 2. The Labute approximate surface area is 117 Å². The lowest BCUT2D eigenvalue weighted by Crippen LogP contribution is -2.08. The summed E-state index contributed by atoms with van der Waals surface area (Å²) in [7, 11) is 0. The van der Waals surface area contributed by atoms with Gasteiger partial charge in [-0.3, -0.25) is 0 Å². The van der Waals surface area contributed by atoms with Crippen molar-refractivity contribution in [2.45, 2.75) is 32.7 Å². The molecule has 0 radical (unpaired) electrons. The minimum Gasteiger partial charge on any atom is -0.328 e. The average Bonchev–Trinajstić information content (AvgIpc) is 3.21. The molecular weight excluding hydrogens is 253 g/mol. The first-order valence-corrected chi connectivity index (χ1v) is 6.85. The Morgan fingerprint density at radius 2 is 2.20 bits per heavy atom. The summed E-state index contributed by atoms with van der Waals surface area (Å²) in [5.74, 6) is 1.06. The second-order valence-electron chi connectivity index (χ2n) is 5.49. The van der Waals surface area contributed by atoms with Gasteiger partial charge in [0.1, 0.15) is 11.6 Å². The van der Waals surface area contributed by atoms with Crippen molar-refractivity contribution in [3.8, 4) is 17.5 Å². The van der Waals surface area contributed by atoms with Crippen LogP contribution in [0.25, 0.3) is 11.4 Å². The molecule has 3 rings (SSSR count). The van der Waals surface area contributed by atoms with Gasteiger partial charge in [-0.05, 0) is 50.8 Å². The lowest BCUT2D eigenvalue weighted by atomic mass is 10.1. The minimum atomic E-state index is -0.393. The first-order valence-electron chi connectivity index (χ1n) is 6.85. The van der Waals surface area contributed by atoms with E-state index in [1.807, 2.05) is 13.1 Å². The highest BCUT2D eigenvalue weighted by atomic mass is 19.1. The highest BCUT2D eigenvalue weighted by Gasteiger charge is 2.31. The Balaban J connectivity index is 2.12. The zero-order valence-corrected chi connectivity index (χ0v) is 11.6. The molecule has 1 unspecified atom stereocenters. The van der Waals surface area contributed by atoms with Crippen molar-refractivity contribution in [3.63, 3.8) is 0 Å². The molecule has 0 aliphatic heterocycles. The number of aryl methyl sites for hydroxylation is 1. The van der Waals surface area contributed by atoms with Gasteiger partial charge in [-0.25, -0.2) is 9.37 Å². The van der Waals surface area contributed by atoms with Crippen LogP contribution in [0.4, 0.5) is 4.39 Å². The zero-order valence-electron chi connectivity index (χ0n) is 11.6. The number of imidazole rings is 1. The summed E-state index contributed by atoms with van der Waals surface area (Å²) in [6.45, 7) is 4.12. The molecular formula is C16H16FN3. The molecule has 1 saturated carbocycles. The maximum atomic E-state index is 13.3. The second-order valence-corrected chi connectivity index (χ2v) is 5.49. The van der Waals surface area contributed by atoms with Crippen molar-refractivity contribution in [2.24, 2.45) is 5.92 Å². The van der Waals surface area contributed by atoms with Crippen LogP contribution in [0, 0.1) is 30.0 Å². The van der Waals surface area contributed by atoms with E-state index in [0.29, 0.717) is 23.1 Å². The molecule has 1 aliphatic rings. The lowest BCUT2D eigenvalue weighted by molar-refractivity contribution is 0.489. The molecule has 3 nitrogen and oxygen atoms in total. The molecule has 1 heterocycles. The summed E-state index contributed by atoms with van der Waals surface area (Å²) >= 11 is 0. The fraction of sp³-hybridized carbons (Fsp3) is 0.375. The van der Waals surface area contributed by atoms with E-state index in [0.717, 1.165) is 11.5 Å². The van der Waals surface area contributed by atoms with E-state index in [1.165, 1.54) is 25.0 Å². The van der Waals surface area contributed by atoms with Gasteiger partial charge in [0.2, 0.25) is 0 Å². The molecule has 2 aromatic rings. The van der Waals surface area contributed by atoms with Gasteiger partial charge in [0, 0.05) is 17.8 Å². The molecule has 1 aromatic heterocycles. The zero-order chi connectivity index (χ0) is 14.3. The van der Waals surface area contributed by atoms with Gasteiger partial charge in [0.25, 0.3) is 0 Å². The van der Waals surface area contributed by atoms with Crippen LogP contribution >= 0.6 is 0 Å². The van der Waals surface area contributed by atoms with Gasteiger partial charge in [-0.2, -0.15) is 5.26 Å². The Bertz CT molecular complexity index is 692. The van der Waals surface area contributed by atoms with Crippen LogP contribution < -0.4 is 0 Å². The van der Waals surface area contributed by atoms with Crippen molar-refractivity contribution in [2.75, 3.05) is 0 Å². The molecule has 1 fully saturated rings. The predicted molar refractivity (Wildman–Crippen MR) is 74.5 cm³/mol. The van der Waals surface area contributed by atoms with E-state index in [9.17, 15) is 9.65 Å². The van der Waals surface area contributed by atoms with Crippen molar-refractivity contribution in [1.82, 2.24) is 9.55 Å². The number of nitriles is 1. The molecule has 0 amide bonds. The fourth-order valence-electron chi connectivity index (χ4n) is 2.64. The number of benzene rings is 1. The van der Waals surface area contributed by atoms with Crippen LogP contribution in [-0.4, -0.2) is 9.55 Å². The SMILES string of the molecule is Cc1cn(C(C)C2CC2)c(-c2ccc(F)cc2C#N)n1. The number of halogens is 1. The van der Waals surface area contributed by atoms with Crippen LogP contribution in [0.2, 0.25) is 0 Å². The number of hydrogen-bond acceptors (Lipinski definition) is 2. The van der Waals surface area contributed by atoms with E-state index in [4.69, 9.17) is 0 Å². The lowest BCUT2D eigenvalue weighted by Gasteiger charge is -2.16. The number of rotatable bonds is 3. The highest BCUT2D eigenvalue weighted by Crippen LogP contribution is 2.41. The summed E-state index contributed by atoms with van der Waals surface area (Å²) in [6.07, 6.45) is 4.50. The van der Waals surface area contributed by atoms with Gasteiger partial charge >= 0.3 is 0 Å². The molecule has 0 spiro atoms. The Hall–Kier alpha value is -2.15. The van der Waals surface area contributed by atoms with E-state index in [2.05, 4.69) is 22.5 Å². The number of nitrogens with zero attached hydrogens (tertiary/aromatic N) is 3. The Morgan fingerprint density at radius 1 is 1.45 bits per heavy atom. The predicted octanol–water partition coefficient (Wildman–Crippen LogP) is 3.84. The van der Waals surface area contributed by atoms with Gasteiger partial charge in [0.15, 0.2) is 0 Å². The van der Waals surface area contributed by atoms with Crippen molar-refractivity contribution in [1.29, 1.82) is 5.26 Å². The van der Waals surface area contributed by atoms with E-state index in [1.54, 1.807) is 6.07 Å². The van der Waals surface area contributed by atoms with Gasteiger partial charge in [0.05, 0.1) is 17.3 Å². The summed E-state index contributed by atoms with van der Waals surface area (Å²) in [6, 6.07) is 6.72. The monoisotopic (exact) mass is 269 g/mol. The van der Waals surface area contributed by atoms with E-state index in [-0.39, 0.29) is 0 Å². The smallest absolute Gasteiger partial charge is 0.141 e. The molecule has 1 aliphatic carbocycles. The second kappa shape index (κ2) is 4.75. The molecule has 102 valence electrons. The average molecular weight is 269 g/mol. The standard InChI is InChI=1S/C16H16FN3/c1-10-9-20(11(2)12-3-4-12)16(19-10)15-6-5-14(17)7-13(15)8-18/h5-7,9,11-12H,3-4H2,1-2H3. The Morgan fingerprint density at radius 3 is 2.85 bits per heavy atom. The van der Waals surface area contributed by atoms with Crippen LogP contribution in [0.3, 0.4) is 0 Å². The third-order valence-electron chi connectivity index (χ3n) is 3.94. The van der Waals surface area contributed by atoms with Crippen LogP contribution in [0.1, 0.15) is 37.1 Å².